The zero-order valence-corrected chi connectivity index (χ0v) is 16.8. The summed E-state index contributed by atoms with van der Waals surface area (Å²) in [6, 6.07) is 13.2. The number of methoxy groups -OCH3 is 1. The van der Waals surface area contributed by atoms with Crippen LogP contribution in [0, 0.1) is 0 Å². The van der Waals surface area contributed by atoms with Crippen LogP contribution in [0.15, 0.2) is 42.5 Å². The lowest BCUT2D eigenvalue weighted by molar-refractivity contribution is -0.117. The molecule has 1 aliphatic heterocycles. The molecule has 5 nitrogen and oxygen atoms in total. The summed E-state index contributed by atoms with van der Waals surface area (Å²) in [6.07, 6.45) is 0. The van der Waals surface area contributed by atoms with E-state index in [0.717, 1.165) is 38.5 Å². The average Bonchev–Trinajstić information content (AvgIpc) is 2.66. The molecule has 2 aromatic carbocycles. The lowest BCUT2D eigenvalue weighted by Crippen LogP contribution is -2.48. The SMILES string of the molecule is COc1cccc(CN2CCN(CC(=O)Nc3ccc(Cl)cc3Cl)CC2)c1. The van der Waals surface area contributed by atoms with Gasteiger partial charge in [0.1, 0.15) is 5.75 Å². The van der Waals surface area contributed by atoms with Crippen molar-refractivity contribution in [1.82, 2.24) is 9.80 Å². The maximum absolute atomic E-state index is 12.3. The second-order valence-corrected chi connectivity index (χ2v) is 7.42. The smallest absolute Gasteiger partial charge is 0.238 e. The molecule has 0 radical (unpaired) electrons. The van der Waals surface area contributed by atoms with Gasteiger partial charge in [-0.2, -0.15) is 0 Å². The van der Waals surface area contributed by atoms with E-state index in [2.05, 4.69) is 27.2 Å². The minimum absolute atomic E-state index is 0.0690. The van der Waals surface area contributed by atoms with E-state index in [0.29, 0.717) is 22.3 Å². The summed E-state index contributed by atoms with van der Waals surface area (Å²) in [5, 5.41) is 3.84. The number of halogens is 2. The predicted octanol–water partition coefficient (Wildman–Crippen LogP) is 3.76. The Bertz CT molecular complexity index is 793. The first-order valence-corrected chi connectivity index (χ1v) is 9.61. The average molecular weight is 408 g/mol. The molecule has 0 aromatic heterocycles. The van der Waals surface area contributed by atoms with Gasteiger partial charge in [-0.25, -0.2) is 0 Å². The summed E-state index contributed by atoms with van der Waals surface area (Å²) in [5.41, 5.74) is 1.82. The minimum Gasteiger partial charge on any atom is -0.497 e. The lowest BCUT2D eigenvalue weighted by Gasteiger charge is -2.34. The molecule has 0 saturated carbocycles. The fourth-order valence-corrected chi connectivity index (χ4v) is 3.57. The van der Waals surface area contributed by atoms with Crippen LogP contribution in [0.25, 0.3) is 0 Å². The molecule has 3 rings (SSSR count). The van der Waals surface area contributed by atoms with Crippen molar-refractivity contribution in [3.8, 4) is 5.75 Å². The third kappa shape index (κ3) is 5.84. The Hall–Kier alpha value is -1.79. The van der Waals surface area contributed by atoms with Gasteiger partial charge >= 0.3 is 0 Å². The fourth-order valence-electron chi connectivity index (χ4n) is 3.12. The molecule has 2 aromatic rings. The number of nitrogens with one attached hydrogen (secondary N) is 1. The van der Waals surface area contributed by atoms with E-state index >= 15 is 0 Å². The molecular weight excluding hydrogens is 385 g/mol. The standard InChI is InChI=1S/C20H23Cl2N3O2/c1-27-17-4-2-3-15(11-17)13-24-7-9-25(10-8-24)14-20(26)23-19-6-5-16(21)12-18(19)22/h2-6,11-12H,7-10,13-14H2,1H3,(H,23,26). The van der Waals surface area contributed by atoms with E-state index in [1.807, 2.05) is 12.1 Å². The topological polar surface area (TPSA) is 44.8 Å². The number of carbonyl (C=O) groups is 1. The largest absolute Gasteiger partial charge is 0.497 e. The molecule has 1 heterocycles. The molecule has 0 atom stereocenters. The van der Waals surface area contributed by atoms with Crippen molar-refractivity contribution in [2.24, 2.45) is 0 Å². The Balaban J connectivity index is 1.45. The predicted molar refractivity (Wildman–Crippen MR) is 110 cm³/mol. The molecule has 0 aliphatic carbocycles. The van der Waals surface area contributed by atoms with Crippen molar-refractivity contribution in [1.29, 1.82) is 0 Å². The van der Waals surface area contributed by atoms with Crippen LogP contribution in [0.4, 0.5) is 5.69 Å². The zero-order valence-electron chi connectivity index (χ0n) is 15.3. The van der Waals surface area contributed by atoms with Crippen molar-refractivity contribution in [3.05, 3.63) is 58.1 Å². The first kappa shape index (κ1) is 20.0. The summed E-state index contributed by atoms with van der Waals surface area (Å²) in [6.45, 7) is 4.79. The number of nitrogens with zero attached hydrogens (tertiary/aromatic N) is 2. The molecule has 1 amide bonds. The number of hydrogen-bond acceptors (Lipinski definition) is 4. The van der Waals surface area contributed by atoms with E-state index in [-0.39, 0.29) is 5.91 Å². The summed E-state index contributed by atoms with van der Waals surface area (Å²) < 4.78 is 5.28. The van der Waals surface area contributed by atoms with Crippen LogP contribution < -0.4 is 10.1 Å². The number of ether oxygens (including phenoxy) is 1. The van der Waals surface area contributed by atoms with Gasteiger partial charge < -0.3 is 10.1 Å². The maximum Gasteiger partial charge on any atom is 0.238 e. The molecule has 0 bridgehead atoms. The molecule has 144 valence electrons. The van der Waals surface area contributed by atoms with Gasteiger partial charge in [0.2, 0.25) is 5.91 Å². The number of rotatable bonds is 6. The molecule has 1 saturated heterocycles. The Morgan fingerprint density at radius 2 is 1.81 bits per heavy atom. The minimum atomic E-state index is -0.0690. The summed E-state index contributed by atoms with van der Waals surface area (Å²) in [7, 11) is 1.68. The van der Waals surface area contributed by atoms with Crippen LogP contribution >= 0.6 is 23.2 Å². The number of piperazine rings is 1. The third-order valence-electron chi connectivity index (χ3n) is 4.58. The Kier molecular flexibility index (Phi) is 6.96. The molecule has 1 aliphatic rings. The van der Waals surface area contributed by atoms with Gasteiger partial charge in [-0.05, 0) is 35.9 Å². The number of amides is 1. The van der Waals surface area contributed by atoms with E-state index in [9.17, 15) is 4.79 Å². The van der Waals surface area contributed by atoms with Crippen molar-refractivity contribution < 1.29 is 9.53 Å². The molecule has 27 heavy (non-hydrogen) atoms. The highest BCUT2D eigenvalue weighted by atomic mass is 35.5. The van der Waals surface area contributed by atoms with Gasteiger partial charge in [-0.15, -0.1) is 0 Å². The first-order chi connectivity index (χ1) is 13.0. The van der Waals surface area contributed by atoms with E-state index < -0.39 is 0 Å². The zero-order chi connectivity index (χ0) is 19.2. The number of carbonyl (C=O) groups excluding carboxylic acids is 1. The monoisotopic (exact) mass is 407 g/mol. The highest BCUT2D eigenvalue weighted by Gasteiger charge is 2.19. The third-order valence-corrected chi connectivity index (χ3v) is 5.13. The van der Waals surface area contributed by atoms with Crippen LogP contribution in [-0.4, -0.2) is 55.5 Å². The lowest BCUT2D eigenvalue weighted by atomic mass is 10.2. The summed E-state index contributed by atoms with van der Waals surface area (Å²) in [5.74, 6) is 0.809. The number of hydrogen-bond donors (Lipinski definition) is 1. The van der Waals surface area contributed by atoms with Crippen molar-refractivity contribution in [3.63, 3.8) is 0 Å². The number of anilines is 1. The molecule has 0 unspecified atom stereocenters. The van der Waals surface area contributed by atoms with Crippen molar-refractivity contribution in [2.45, 2.75) is 6.54 Å². The van der Waals surface area contributed by atoms with Crippen LogP contribution in [-0.2, 0) is 11.3 Å². The summed E-state index contributed by atoms with van der Waals surface area (Å²) in [4.78, 5) is 16.8. The summed E-state index contributed by atoms with van der Waals surface area (Å²) >= 11 is 12.0. The van der Waals surface area contributed by atoms with E-state index in [1.54, 1.807) is 25.3 Å². The molecular formula is C20H23Cl2N3O2. The second kappa shape index (κ2) is 9.42. The Morgan fingerprint density at radius 1 is 1.07 bits per heavy atom. The van der Waals surface area contributed by atoms with Crippen molar-refractivity contribution >= 4 is 34.8 Å². The fraction of sp³-hybridized carbons (Fsp3) is 0.350. The van der Waals surface area contributed by atoms with E-state index in [1.165, 1.54) is 5.56 Å². The highest BCUT2D eigenvalue weighted by molar-refractivity contribution is 6.36. The van der Waals surface area contributed by atoms with Gasteiger partial charge in [0.05, 0.1) is 24.4 Å². The van der Waals surface area contributed by atoms with E-state index in [4.69, 9.17) is 27.9 Å². The van der Waals surface area contributed by atoms with Gasteiger partial charge in [0.25, 0.3) is 0 Å². The Labute approximate surface area is 169 Å². The molecule has 1 fully saturated rings. The van der Waals surface area contributed by atoms with Crippen LogP contribution in [0.5, 0.6) is 5.75 Å². The first-order valence-electron chi connectivity index (χ1n) is 8.86. The highest BCUT2D eigenvalue weighted by Crippen LogP contribution is 2.25. The van der Waals surface area contributed by atoms with Gasteiger partial charge in [0, 0.05) is 37.7 Å². The van der Waals surface area contributed by atoms with Gasteiger partial charge in [-0.1, -0.05) is 35.3 Å². The van der Waals surface area contributed by atoms with Crippen LogP contribution in [0.1, 0.15) is 5.56 Å². The maximum atomic E-state index is 12.3. The quantitative estimate of drug-likeness (QED) is 0.791. The van der Waals surface area contributed by atoms with Crippen LogP contribution in [0.3, 0.4) is 0 Å². The second-order valence-electron chi connectivity index (χ2n) is 6.58. The van der Waals surface area contributed by atoms with Gasteiger partial charge in [-0.3, -0.25) is 14.6 Å². The Morgan fingerprint density at radius 3 is 2.52 bits per heavy atom. The van der Waals surface area contributed by atoms with Crippen molar-refractivity contribution in [2.75, 3.05) is 45.2 Å². The normalized spacial score (nSPS) is 15.5. The van der Waals surface area contributed by atoms with Gasteiger partial charge in [0.15, 0.2) is 0 Å². The number of benzene rings is 2. The molecule has 7 heteroatoms. The molecule has 0 spiro atoms. The van der Waals surface area contributed by atoms with Crippen LogP contribution in [0.2, 0.25) is 10.0 Å². The molecule has 1 N–H and O–H groups in total.